The third-order valence-corrected chi connectivity index (χ3v) is 12.2. The number of oxime groups is 1. The average molecular weight is 782 g/mol. The lowest BCUT2D eigenvalue weighted by Crippen LogP contribution is -2.63. The number of hydrogen-bond acceptors (Lipinski definition) is 10. The Bertz CT molecular complexity index is 1560. The third kappa shape index (κ3) is 9.88. The number of carbonyl (C=O) groups excluding carboxylic acids is 3. The van der Waals surface area contributed by atoms with Gasteiger partial charge in [0, 0.05) is 5.56 Å². The molecule has 10 nitrogen and oxygen atoms in total. The summed E-state index contributed by atoms with van der Waals surface area (Å²) in [7, 11) is -6.31. The van der Waals surface area contributed by atoms with Crippen LogP contribution in [-0.4, -0.2) is 62.3 Å². The largest absolute Gasteiger partial charge is 0.478 e. The summed E-state index contributed by atoms with van der Waals surface area (Å²) in [5.74, 6) is 0.168. The number of rotatable bonds is 14. The monoisotopic (exact) mass is 781 g/mol. The van der Waals surface area contributed by atoms with Crippen LogP contribution in [0.15, 0.2) is 35.5 Å². The van der Waals surface area contributed by atoms with Gasteiger partial charge in [-0.15, -0.1) is 0 Å². The molecule has 53 heavy (non-hydrogen) atoms. The third-order valence-electron chi connectivity index (χ3n) is 11.1. The van der Waals surface area contributed by atoms with Gasteiger partial charge in [-0.05, 0) is 102 Å². The molecule has 0 aliphatic heterocycles. The summed E-state index contributed by atoms with van der Waals surface area (Å²) in [4.78, 5) is 36.0. The van der Waals surface area contributed by atoms with Gasteiger partial charge in [0.25, 0.3) is 0 Å². The van der Waals surface area contributed by atoms with Gasteiger partial charge >= 0.3 is 39.5 Å². The predicted molar refractivity (Wildman–Crippen MR) is 185 cm³/mol. The van der Waals surface area contributed by atoms with Gasteiger partial charge in [0.05, 0.1) is 10.8 Å². The van der Waals surface area contributed by atoms with Crippen molar-refractivity contribution in [2.45, 2.75) is 117 Å². The van der Waals surface area contributed by atoms with Gasteiger partial charge in [-0.2, -0.15) is 30.4 Å². The van der Waals surface area contributed by atoms with Gasteiger partial charge in [0.1, 0.15) is 18.8 Å². The number of alkyl halides is 5. The maximum absolute atomic E-state index is 13.9. The minimum Gasteiger partial charge on any atom is -0.462 e. The Balaban J connectivity index is 0.000000308. The van der Waals surface area contributed by atoms with Crippen LogP contribution >= 0.6 is 0 Å². The fraction of sp³-hybridized carbons (Fsp3) is 0.730. The van der Waals surface area contributed by atoms with Crippen LogP contribution in [0.2, 0.25) is 0 Å². The molecule has 4 bridgehead atoms. The lowest BCUT2D eigenvalue weighted by atomic mass is 9.47. The van der Waals surface area contributed by atoms with E-state index >= 15 is 0 Å². The van der Waals surface area contributed by atoms with E-state index in [4.69, 9.17) is 9.47 Å². The van der Waals surface area contributed by atoms with Gasteiger partial charge in [-0.3, -0.25) is 13.9 Å². The molecule has 0 heterocycles. The molecule has 0 N–H and O–H groups in total. The van der Waals surface area contributed by atoms with Crippen LogP contribution in [0.1, 0.15) is 106 Å². The van der Waals surface area contributed by atoms with Gasteiger partial charge in [0.15, 0.2) is 5.71 Å². The van der Waals surface area contributed by atoms with Gasteiger partial charge in [-0.25, -0.2) is 4.79 Å². The number of nitrogens with zero attached hydrogens (tertiary/aromatic N) is 1. The number of hydrogen-bond donors (Lipinski definition) is 0. The van der Waals surface area contributed by atoms with E-state index in [1.165, 1.54) is 38.2 Å². The van der Waals surface area contributed by atoms with Crippen molar-refractivity contribution in [3.63, 3.8) is 0 Å². The summed E-state index contributed by atoms with van der Waals surface area (Å²) in [6, 6.07) is 5.43. The van der Waals surface area contributed by atoms with Gasteiger partial charge < -0.3 is 14.2 Å². The standard InChI is InChI=1S/C19H32O2.C18H20F5NO7S/c1-6-18(4,5)17(20)21-19(12(2)3)15-8-13-7-14(10-15)11-16(19)9-13;1-4-16(2,3)14(25)29-10-11-30-15(26)18(22,23)32(27,28)31-24-13(17(19,20)21)12-8-6-5-7-9-12/h12-16H,6-11H2,1-5H3;5-9H,4,10-11H2,1-3H3/b;24-13+. The maximum Gasteiger partial charge on any atom is 0.478 e. The quantitative estimate of drug-likeness (QED) is 0.0457. The molecular formula is C37H52F5NO9S. The van der Waals surface area contributed by atoms with E-state index in [9.17, 15) is 44.8 Å². The Kier molecular flexibility index (Phi) is 13.8. The molecule has 4 saturated carbocycles. The van der Waals surface area contributed by atoms with E-state index < -0.39 is 63.4 Å². The minimum absolute atomic E-state index is 0.0335. The van der Waals surface area contributed by atoms with Crippen LogP contribution in [0.3, 0.4) is 0 Å². The van der Waals surface area contributed by atoms with E-state index in [1.807, 2.05) is 13.8 Å². The average Bonchev–Trinajstić information content (AvgIpc) is 3.07. The number of carbonyl (C=O) groups is 3. The fourth-order valence-electron chi connectivity index (χ4n) is 7.38. The minimum atomic E-state index is -6.31. The van der Waals surface area contributed by atoms with Gasteiger partial charge in [0.2, 0.25) is 0 Å². The second-order valence-electron chi connectivity index (χ2n) is 15.8. The van der Waals surface area contributed by atoms with Crippen LogP contribution in [0.5, 0.6) is 0 Å². The molecular weight excluding hydrogens is 729 g/mol. The summed E-state index contributed by atoms with van der Waals surface area (Å²) in [6.07, 6.45) is 2.60. The summed E-state index contributed by atoms with van der Waals surface area (Å²) in [5, 5.41) is -3.10. The molecule has 1 aromatic carbocycles. The molecule has 16 heteroatoms. The maximum atomic E-state index is 13.9. The van der Waals surface area contributed by atoms with Crippen molar-refractivity contribution >= 4 is 33.7 Å². The van der Waals surface area contributed by atoms with Crippen molar-refractivity contribution in [1.29, 1.82) is 0 Å². The van der Waals surface area contributed by atoms with Crippen molar-refractivity contribution in [2.24, 2.45) is 45.6 Å². The molecule has 4 fully saturated rings. The van der Waals surface area contributed by atoms with Crippen molar-refractivity contribution < 1.29 is 63.2 Å². The van der Waals surface area contributed by atoms with Crippen LogP contribution < -0.4 is 0 Å². The van der Waals surface area contributed by atoms with E-state index in [2.05, 4.69) is 34.9 Å². The fourth-order valence-corrected chi connectivity index (χ4v) is 7.91. The number of ether oxygens (including phenoxy) is 3. The Morgan fingerprint density at radius 1 is 0.774 bits per heavy atom. The first-order chi connectivity index (χ1) is 24.4. The normalized spacial score (nSPS) is 24.6. The van der Waals surface area contributed by atoms with Crippen molar-refractivity contribution in [1.82, 2.24) is 0 Å². The topological polar surface area (TPSA) is 135 Å². The molecule has 0 atom stereocenters. The summed E-state index contributed by atoms with van der Waals surface area (Å²) < 4.78 is 109. The number of halogens is 5. The second kappa shape index (κ2) is 16.6. The van der Waals surface area contributed by atoms with E-state index in [0.717, 1.165) is 42.5 Å². The van der Waals surface area contributed by atoms with E-state index in [-0.39, 0.29) is 17.0 Å². The Hall–Kier alpha value is -3.30. The number of esters is 3. The summed E-state index contributed by atoms with van der Waals surface area (Å²) >= 11 is 0. The van der Waals surface area contributed by atoms with Crippen molar-refractivity contribution in [3.05, 3.63) is 35.9 Å². The first kappa shape index (κ1) is 44.1. The molecule has 0 saturated heterocycles. The van der Waals surface area contributed by atoms with E-state index in [0.29, 0.717) is 24.2 Å². The SMILES string of the molecule is CCC(C)(C)C(=O)OC1(C(C)C)C2CC3CC(C2)CC1C3.CCC(C)(C)C(=O)OCCOC(=O)C(F)(F)S(=O)(=O)O/N=C(\c1ccccc1)C(F)(F)F. The van der Waals surface area contributed by atoms with Crippen LogP contribution in [-0.2, 0) is 43.0 Å². The lowest BCUT2D eigenvalue weighted by molar-refractivity contribution is -0.231. The second-order valence-corrected chi connectivity index (χ2v) is 17.4. The Morgan fingerprint density at radius 2 is 1.23 bits per heavy atom. The van der Waals surface area contributed by atoms with Crippen LogP contribution in [0, 0.1) is 40.4 Å². The highest BCUT2D eigenvalue weighted by molar-refractivity contribution is 7.88. The Morgan fingerprint density at radius 3 is 1.66 bits per heavy atom. The molecule has 0 radical (unpaired) electrons. The van der Waals surface area contributed by atoms with Gasteiger partial charge in [-0.1, -0.05) is 63.2 Å². The lowest BCUT2D eigenvalue weighted by Gasteiger charge is -2.62. The number of benzene rings is 1. The molecule has 0 unspecified atom stereocenters. The molecule has 1 aromatic rings. The smallest absolute Gasteiger partial charge is 0.462 e. The summed E-state index contributed by atoms with van der Waals surface area (Å²) in [5.41, 5.74) is -4.00. The first-order valence-electron chi connectivity index (χ1n) is 17.9. The molecule has 0 aromatic heterocycles. The molecule has 0 spiro atoms. The zero-order chi connectivity index (χ0) is 40.2. The molecule has 5 rings (SSSR count). The highest BCUT2D eigenvalue weighted by Gasteiger charge is 2.61. The molecule has 4 aliphatic rings. The zero-order valence-corrected chi connectivity index (χ0v) is 32.4. The highest BCUT2D eigenvalue weighted by atomic mass is 32.2. The first-order valence-corrected chi connectivity index (χ1v) is 19.4. The highest BCUT2D eigenvalue weighted by Crippen LogP contribution is 2.62. The predicted octanol–water partition coefficient (Wildman–Crippen LogP) is 8.23. The van der Waals surface area contributed by atoms with Crippen molar-refractivity contribution in [2.75, 3.05) is 13.2 Å². The molecule has 0 amide bonds. The molecule has 4 aliphatic carbocycles. The van der Waals surface area contributed by atoms with E-state index in [1.54, 1.807) is 20.8 Å². The van der Waals surface area contributed by atoms with Crippen molar-refractivity contribution in [3.8, 4) is 0 Å². The van der Waals surface area contributed by atoms with Crippen LogP contribution in [0.4, 0.5) is 22.0 Å². The van der Waals surface area contributed by atoms with Crippen LogP contribution in [0.25, 0.3) is 0 Å². The summed E-state index contributed by atoms with van der Waals surface area (Å²) in [6.45, 7) is 13.9. The Labute approximate surface area is 308 Å². The zero-order valence-electron chi connectivity index (χ0n) is 31.6. The molecule has 300 valence electrons.